The maximum Gasteiger partial charge on any atom is 0.332 e. The van der Waals surface area contributed by atoms with Crippen LogP contribution in [0.5, 0.6) is 0 Å². The highest BCUT2D eigenvalue weighted by Gasteiger charge is 2.19. The van der Waals surface area contributed by atoms with E-state index in [0.29, 0.717) is 17.0 Å². The zero-order valence-electron chi connectivity index (χ0n) is 11.1. The smallest absolute Gasteiger partial charge is 0.332 e. The Morgan fingerprint density at radius 2 is 1.72 bits per heavy atom. The average molecular weight is 252 g/mol. The van der Waals surface area contributed by atoms with E-state index in [2.05, 4.69) is 4.98 Å². The highest BCUT2D eigenvalue weighted by Crippen LogP contribution is 2.17. The third kappa shape index (κ3) is 1.51. The monoisotopic (exact) mass is 252 g/mol. The van der Waals surface area contributed by atoms with Crippen molar-refractivity contribution in [3.63, 3.8) is 0 Å². The van der Waals surface area contributed by atoms with Gasteiger partial charge in [-0.25, -0.2) is 9.78 Å². The van der Waals surface area contributed by atoms with E-state index in [9.17, 15) is 9.59 Å². The molecule has 2 aromatic rings. The molecule has 0 fully saturated rings. The first kappa shape index (κ1) is 12.6. The normalized spacial score (nSPS) is 13.2. The van der Waals surface area contributed by atoms with Crippen LogP contribution in [0.15, 0.2) is 9.59 Å². The van der Waals surface area contributed by atoms with Gasteiger partial charge in [0.2, 0.25) is 0 Å². The van der Waals surface area contributed by atoms with E-state index in [0.717, 1.165) is 4.57 Å². The molecule has 0 radical (unpaired) electrons. The molecule has 0 unspecified atom stereocenters. The molecule has 2 aromatic heterocycles. The minimum Gasteiger partial charge on any atom is -0.374 e. The summed E-state index contributed by atoms with van der Waals surface area (Å²) in [6, 6.07) is 0. The van der Waals surface area contributed by atoms with Crippen molar-refractivity contribution in [3.05, 3.63) is 26.7 Å². The van der Waals surface area contributed by atoms with Crippen molar-refractivity contribution in [2.75, 3.05) is 7.11 Å². The third-order valence-corrected chi connectivity index (χ3v) is 3.23. The number of imidazole rings is 1. The lowest BCUT2D eigenvalue weighted by atomic mass is 10.4. The number of nitrogens with zero attached hydrogens (tertiary/aromatic N) is 4. The molecule has 2 heterocycles. The summed E-state index contributed by atoms with van der Waals surface area (Å²) < 4.78 is 9.32. The Hall–Kier alpha value is -1.89. The van der Waals surface area contributed by atoms with Crippen molar-refractivity contribution in [1.82, 2.24) is 18.7 Å². The van der Waals surface area contributed by atoms with E-state index in [1.54, 1.807) is 25.8 Å². The largest absolute Gasteiger partial charge is 0.374 e. The van der Waals surface area contributed by atoms with Crippen LogP contribution < -0.4 is 11.2 Å². The topological polar surface area (TPSA) is 71.1 Å². The fraction of sp³-hybridized carbons (Fsp3) is 0.545. The Kier molecular flexibility index (Phi) is 2.86. The van der Waals surface area contributed by atoms with Crippen LogP contribution in [0.1, 0.15) is 18.9 Å². The van der Waals surface area contributed by atoms with E-state index in [1.165, 1.54) is 11.6 Å². The predicted molar refractivity (Wildman–Crippen MR) is 66.6 cm³/mol. The molecule has 0 saturated heterocycles. The van der Waals surface area contributed by atoms with Crippen molar-refractivity contribution in [3.8, 4) is 0 Å². The third-order valence-electron chi connectivity index (χ3n) is 3.23. The summed E-state index contributed by atoms with van der Waals surface area (Å²) in [5.74, 6) is 0.616. The fourth-order valence-electron chi connectivity index (χ4n) is 2.00. The van der Waals surface area contributed by atoms with Gasteiger partial charge in [-0.15, -0.1) is 0 Å². The molecule has 0 saturated carbocycles. The van der Waals surface area contributed by atoms with Crippen LogP contribution in [0.4, 0.5) is 0 Å². The summed E-state index contributed by atoms with van der Waals surface area (Å²) in [7, 11) is 6.36. The van der Waals surface area contributed by atoms with E-state index >= 15 is 0 Å². The van der Waals surface area contributed by atoms with Gasteiger partial charge in [0.25, 0.3) is 5.56 Å². The van der Waals surface area contributed by atoms with Crippen molar-refractivity contribution in [2.45, 2.75) is 13.0 Å². The number of aromatic nitrogens is 4. The van der Waals surface area contributed by atoms with Gasteiger partial charge in [0, 0.05) is 28.3 Å². The van der Waals surface area contributed by atoms with Crippen molar-refractivity contribution < 1.29 is 4.74 Å². The quantitative estimate of drug-likeness (QED) is 0.734. The molecule has 7 heteroatoms. The summed E-state index contributed by atoms with van der Waals surface area (Å²) in [6.07, 6.45) is -0.248. The summed E-state index contributed by atoms with van der Waals surface area (Å²) in [5.41, 5.74) is 0.0443. The van der Waals surface area contributed by atoms with Gasteiger partial charge in [0.05, 0.1) is 0 Å². The maximum atomic E-state index is 12.1. The first-order valence-corrected chi connectivity index (χ1v) is 5.55. The van der Waals surface area contributed by atoms with Gasteiger partial charge >= 0.3 is 5.69 Å². The number of fused-ring (bicyclic) bond motifs is 1. The molecular formula is C11H16N4O3. The van der Waals surface area contributed by atoms with Crippen LogP contribution in [0.2, 0.25) is 0 Å². The van der Waals surface area contributed by atoms with Crippen LogP contribution in [-0.4, -0.2) is 25.8 Å². The van der Waals surface area contributed by atoms with Crippen LogP contribution in [0.25, 0.3) is 11.2 Å². The van der Waals surface area contributed by atoms with Crippen molar-refractivity contribution in [1.29, 1.82) is 0 Å². The summed E-state index contributed by atoms with van der Waals surface area (Å²) in [4.78, 5) is 28.2. The van der Waals surface area contributed by atoms with E-state index < -0.39 is 0 Å². The number of methoxy groups -OCH3 is 1. The average Bonchev–Trinajstić information content (AvgIpc) is 2.71. The van der Waals surface area contributed by atoms with E-state index in [4.69, 9.17) is 4.74 Å². The second-order valence-electron chi connectivity index (χ2n) is 4.28. The zero-order chi connectivity index (χ0) is 13.6. The lowest BCUT2D eigenvalue weighted by Crippen LogP contribution is -2.37. The first-order valence-electron chi connectivity index (χ1n) is 5.55. The standard InChI is InChI=1S/C11H16N4O3/c1-6(18-5)8-12-9-7(13(8)2)10(16)15(4)11(17)14(9)3/h6H,1-5H3/t6-/m0/s1. The summed E-state index contributed by atoms with van der Waals surface area (Å²) in [6.45, 7) is 1.84. The van der Waals surface area contributed by atoms with Crippen LogP contribution >= 0.6 is 0 Å². The molecule has 0 spiro atoms. The lowest BCUT2D eigenvalue weighted by molar-refractivity contribution is 0.110. The number of hydrogen-bond acceptors (Lipinski definition) is 4. The second-order valence-corrected chi connectivity index (χ2v) is 4.28. The number of aryl methyl sites for hydroxylation is 2. The van der Waals surface area contributed by atoms with Gasteiger partial charge in [-0.3, -0.25) is 13.9 Å². The molecular weight excluding hydrogens is 236 g/mol. The number of hydrogen-bond donors (Lipinski definition) is 0. The van der Waals surface area contributed by atoms with E-state index in [1.807, 2.05) is 6.92 Å². The summed E-state index contributed by atoms with van der Waals surface area (Å²) in [5, 5.41) is 0. The molecule has 18 heavy (non-hydrogen) atoms. The minimum atomic E-state index is -0.387. The first-order chi connectivity index (χ1) is 8.40. The van der Waals surface area contributed by atoms with Crippen LogP contribution in [0.3, 0.4) is 0 Å². The number of rotatable bonds is 2. The highest BCUT2D eigenvalue weighted by atomic mass is 16.5. The summed E-state index contributed by atoms with van der Waals surface area (Å²) >= 11 is 0. The lowest BCUT2D eigenvalue weighted by Gasteiger charge is -2.08. The maximum absolute atomic E-state index is 12.1. The van der Waals surface area contributed by atoms with Crippen LogP contribution in [-0.2, 0) is 25.9 Å². The molecule has 98 valence electrons. The van der Waals surface area contributed by atoms with Gasteiger partial charge in [0.15, 0.2) is 11.2 Å². The molecule has 0 bridgehead atoms. The molecule has 2 rings (SSSR count). The van der Waals surface area contributed by atoms with Gasteiger partial charge < -0.3 is 9.30 Å². The Balaban J connectivity index is 2.98. The van der Waals surface area contributed by atoms with Gasteiger partial charge in [-0.05, 0) is 6.92 Å². The zero-order valence-corrected chi connectivity index (χ0v) is 11.1. The predicted octanol–water partition coefficient (Wildman–Crippen LogP) is -0.322. The van der Waals surface area contributed by atoms with Crippen molar-refractivity contribution >= 4 is 11.2 Å². The Morgan fingerprint density at radius 1 is 1.11 bits per heavy atom. The molecule has 0 aliphatic rings. The molecule has 0 aliphatic heterocycles. The fourth-order valence-corrected chi connectivity index (χ4v) is 2.00. The highest BCUT2D eigenvalue weighted by molar-refractivity contribution is 5.70. The SMILES string of the molecule is CO[C@@H](C)c1nc2c(c(=O)n(C)c(=O)n2C)n1C. The molecule has 0 amide bonds. The Labute approximate surface area is 103 Å². The second kappa shape index (κ2) is 4.09. The van der Waals surface area contributed by atoms with Crippen LogP contribution in [0, 0.1) is 0 Å². The Morgan fingerprint density at radius 3 is 2.28 bits per heavy atom. The number of ether oxygens (including phenoxy) is 1. The van der Waals surface area contributed by atoms with Crippen molar-refractivity contribution in [2.24, 2.45) is 21.1 Å². The minimum absolute atomic E-state index is 0.248. The molecule has 0 N–H and O–H groups in total. The molecule has 0 aromatic carbocycles. The van der Waals surface area contributed by atoms with Gasteiger partial charge in [0.1, 0.15) is 11.9 Å². The molecule has 1 atom stereocenters. The molecule has 0 aliphatic carbocycles. The Bertz CT molecular complexity index is 722. The van der Waals surface area contributed by atoms with Gasteiger partial charge in [-0.2, -0.15) is 0 Å². The molecule has 7 nitrogen and oxygen atoms in total. The van der Waals surface area contributed by atoms with E-state index in [-0.39, 0.29) is 17.4 Å². The van der Waals surface area contributed by atoms with Gasteiger partial charge in [-0.1, -0.05) is 0 Å².